The standard InChI is InChI=1S/C32H22O8/c1-5-29(33)37-24-15-10-21(11-16-24)9-12-23-19-28(40-32(36)8-4)26(20-27(23)39-31(35)7-3)22-13-17-25(18-14-22)38-30(34)6-2/h5-8,10-11,13-20H,1-4H2. The maximum absolute atomic E-state index is 12.1. The number of carbonyl (C=O) groups excluding carboxylic acids is 4. The maximum Gasteiger partial charge on any atom is 0.335 e. The van der Waals surface area contributed by atoms with Gasteiger partial charge < -0.3 is 18.9 Å². The van der Waals surface area contributed by atoms with E-state index in [2.05, 4.69) is 38.2 Å². The van der Waals surface area contributed by atoms with E-state index in [9.17, 15) is 19.2 Å². The fraction of sp³-hybridized carbons (Fsp3) is 0. The van der Waals surface area contributed by atoms with E-state index in [1.807, 2.05) is 0 Å². The zero-order valence-corrected chi connectivity index (χ0v) is 21.2. The van der Waals surface area contributed by atoms with Crippen molar-refractivity contribution in [1.29, 1.82) is 0 Å². The summed E-state index contributed by atoms with van der Waals surface area (Å²) in [5.74, 6) is 3.92. The number of hydrogen-bond acceptors (Lipinski definition) is 8. The Balaban J connectivity index is 2.08. The molecule has 0 aliphatic heterocycles. The number of hydrogen-bond donors (Lipinski definition) is 0. The molecule has 198 valence electrons. The van der Waals surface area contributed by atoms with Gasteiger partial charge in [-0.15, -0.1) is 0 Å². The fourth-order valence-corrected chi connectivity index (χ4v) is 3.12. The highest BCUT2D eigenvalue weighted by Gasteiger charge is 2.17. The quantitative estimate of drug-likeness (QED) is 0.161. The van der Waals surface area contributed by atoms with Gasteiger partial charge in [-0.2, -0.15) is 0 Å². The zero-order chi connectivity index (χ0) is 29.1. The lowest BCUT2D eigenvalue weighted by atomic mass is 10.0. The molecule has 3 rings (SSSR count). The normalized spacial score (nSPS) is 9.60. The predicted octanol–water partition coefficient (Wildman–Crippen LogP) is 5.12. The molecule has 3 aromatic rings. The summed E-state index contributed by atoms with van der Waals surface area (Å²) >= 11 is 0. The molecule has 0 aliphatic rings. The van der Waals surface area contributed by atoms with Crippen molar-refractivity contribution < 1.29 is 38.1 Å². The molecule has 0 radical (unpaired) electrons. The summed E-state index contributed by atoms with van der Waals surface area (Å²) in [5.41, 5.74) is 1.70. The van der Waals surface area contributed by atoms with Crippen LogP contribution in [-0.2, 0) is 19.2 Å². The van der Waals surface area contributed by atoms with Crippen molar-refractivity contribution in [3.63, 3.8) is 0 Å². The Morgan fingerprint density at radius 2 is 1.00 bits per heavy atom. The Labute approximate surface area is 230 Å². The lowest BCUT2D eigenvalue weighted by Gasteiger charge is -2.14. The van der Waals surface area contributed by atoms with Crippen LogP contribution in [0.5, 0.6) is 23.0 Å². The number of benzene rings is 3. The molecule has 0 atom stereocenters. The largest absolute Gasteiger partial charge is 0.423 e. The summed E-state index contributed by atoms with van der Waals surface area (Å²) in [6.45, 7) is 13.6. The summed E-state index contributed by atoms with van der Waals surface area (Å²) in [5, 5.41) is 0. The highest BCUT2D eigenvalue weighted by atomic mass is 16.5. The van der Waals surface area contributed by atoms with Gasteiger partial charge in [0.15, 0.2) is 0 Å². The summed E-state index contributed by atoms with van der Waals surface area (Å²) in [6, 6.07) is 15.6. The van der Waals surface area contributed by atoms with E-state index >= 15 is 0 Å². The third-order valence-corrected chi connectivity index (χ3v) is 4.97. The van der Waals surface area contributed by atoms with Crippen molar-refractivity contribution in [3.05, 3.63) is 122 Å². The Morgan fingerprint density at radius 3 is 1.50 bits per heavy atom. The first-order valence-corrected chi connectivity index (χ1v) is 11.5. The van der Waals surface area contributed by atoms with Gasteiger partial charge in [0.2, 0.25) is 0 Å². The molecule has 0 bridgehead atoms. The average Bonchev–Trinajstić information content (AvgIpc) is 2.97. The van der Waals surface area contributed by atoms with E-state index in [1.54, 1.807) is 36.4 Å². The third-order valence-electron chi connectivity index (χ3n) is 4.97. The van der Waals surface area contributed by atoms with Crippen LogP contribution in [0, 0.1) is 11.8 Å². The van der Waals surface area contributed by atoms with Crippen LogP contribution in [0.15, 0.2) is 111 Å². The molecule has 40 heavy (non-hydrogen) atoms. The van der Waals surface area contributed by atoms with Gasteiger partial charge in [0, 0.05) is 41.5 Å². The van der Waals surface area contributed by atoms with E-state index in [4.69, 9.17) is 18.9 Å². The van der Waals surface area contributed by atoms with Crippen LogP contribution in [0.2, 0.25) is 0 Å². The van der Waals surface area contributed by atoms with Crippen LogP contribution in [0.4, 0.5) is 0 Å². The molecule has 0 saturated heterocycles. The maximum atomic E-state index is 12.1. The lowest BCUT2D eigenvalue weighted by molar-refractivity contribution is -0.130. The van der Waals surface area contributed by atoms with Gasteiger partial charge in [0.05, 0.1) is 5.56 Å². The highest BCUT2D eigenvalue weighted by Crippen LogP contribution is 2.37. The number of esters is 4. The first kappa shape index (κ1) is 28.6. The van der Waals surface area contributed by atoms with E-state index in [0.29, 0.717) is 22.4 Å². The summed E-state index contributed by atoms with van der Waals surface area (Å²) in [4.78, 5) is 47.1. The molecular weight excluding hydrogens is 512 g/mol. The molecule has 0 aliphatic carbocycles. The van der Waals surface area contributed by atoms with Gasteiger partial charge in [-0.05, 0) is 48.0 Å². The Bertz CT molecular complexity index is 1570. The summed E-state index contributed by atoms with van der Waals surface area (Å²) < 4.78 is 21.0. The minimum atomic E-state index is -0.732. The molecule has 8 heteroatoms. The predicted molar refractivity (Wildman–Crippen MR) is 148 cm³/mol. The number of ether oxygens (including phenoxy) is 4. The minimum absolute atomic E-state index is 0.0736. The molecule has 3 aromatic carbocycles. The smallest absolute Gasteiger partial charge is 0.335 e. The first-order chi connectivity index (χ1) is 19.3. The molecule has 0 saturated carbocycles. The van der Waals surface area contributed by atoms with Crippen molar-refractivity contribution in [2.45, 2.75) is 0 Å². The van der Waals surface area contributed by atoms with Crippen molar-refractivity contribution in [1.82, 2.24) is 0 Å². The topological polar surface area (TPSA) is 105 Å². The molecule has 8 nitrogen and oxygen atoms in total. The highest BCUT2D eigenvalue weighted by molar-refractivity contribution is 5.88. The molecule has 0 amide bonds. The van der Waals surface area contributed by atoms with E-state index in [1.165, 1.54) is 24.3 Å². The number of rotatable bonds is 9. The lowest BCUT2D eigenvalue weighted by Crippen LogP contribution is -2.08. The molecule has 0 spiro atoms. The zero-order valence-electron chi connectivity index (χ0n) is 21.2. The van der Waals surface area contributed by atoms with E-state index in [0.717, 1.165) is 24.3 Å². The monoisotopic (exact) mass is 534 g/mol. The Hall–Kier alpha value is -5.94. The van der Waals surface area contributed by atoms with Gasteiger partial charge in [-0.3, -0.25) is 0 Å². The average molecular weight is 535 g/mol. The SMILES string of the molecule is C=CC(=O)Oc1ccc(C#Cc2cc(OC(=O)C=C)c(-c3ccc(OC(=O)C=C)cc3)cc2OC(=O)C=C)cc1. The van der Waals surface area contributed by atoms with Gasteiger partial charge in [-0.1, -0.05) is 50.3 Å². The summed E-state index contributed by atoms with van der Waals surface area (Å²) in [7, 11) is 0. The first-order valence-electron chi connectivity index (χ1n) is 11.5. The van der Waals surface area contributed by atoms with Crippen LogP contribution in [0.3, 0.4) is 0 Å². The molecule has 0 heterocycles. The second-order valence-electron chi connectivity index (χ2n) is 7.64. The van der Waals surface area contributed by atoms with Crippen molar-refractivity contribution in [2.24, 2.45) is 0 Å². The second-order valence-corrected chi connectivity index (χ2v) is 7.64. The Morgan fingerprint density at radius 1 is 0.550 bits per heavy atom. The van der Waals surface area contributed by atoms with Gasteiger partial charge in [0.1, 0.15) is 23.0 Å². The third kappa shape index (κ3) is 7.78. The van der Waals surface area contributed by atoms with Crippen LogP contribution < -0.4 is 18.9 Å². The molecule has 0 N–H and O–H groups in total. The van der Waals surface area contributed by atoms with Crippen molar-refractivity contribution in [2.75, 3.05) is 0 Å². The number of carbonyl (C=O) groups is 4. The molecule has 0 fully saturated rings. The second kappa shape index (κ2) is 13.6. The van der Waals surface area contributed by atoms with Gasteiger partial charge in [0.25, 0.3) is 0 Å². The molecular formula is C32H22O8. The van der Waals surface area contributed by atoms with Crippen LogP contribution >= 0.6 is 0 Å². The van der Waals surface area contributed by atoms with Crippen molar-refractivity contribution in [3.8, 4) is 46.0 Å². The summed E-state index contributed by atoms with van der Waals surface area (Å²) in [6.07, 6.45) is 4.08. The minimum Gasteiger partial charge on any atom is -0.423 e. The van der Waals surface area contributed by atoms with Crippen LogP contribution in [0.1, 0.15) is 11.1 Å². The fourth-order valence-electron chi connectivity index (χ4n) is 3.12. The van der Waals surface area contributed by atoms with E-state index < -0.39 is 23.9 Å². The van der Waals surface area contributed by atoms with Gasteiger partial charge >= 0.3 is 23.9 Å². The van der Waals surface area contributed by atoms with Gasteiger partial charge in [-0.25, -0.2) is 19.2 Å². The Kier molecular flexibility index (Phi) is 9.70. The van der Waals surface area contributed by atoms with E-state index in [-0.39, 0.29) is 22.8 Å². The van der Waals surface area contributed by atoms with Crippen LogP contribution in [-0.4, -0.2) is 23.9 Å². The van der Waals surface area contributed by atoms with Crippen molar-refractivity contribution >= 4 is 23.9 Å². The van der Waals surface area contributed by atoms with Crippen LogP contribution in [0.25, 0.3) is 11.1 Å². The molecule has 0 aromatic heterocycles. The molecule has 0 unspecified atom stereocenters.